The van der Waals surface area contributed by atoms with Gasteiger partial charge < -0.3 is 15.3 Å². The van der Waals surface area contributed by atoms with E-state index in [-0.39, 0.29) is 12.5 Å². The third-order valence-corrected chi connectivity index (χ3v) is 3.14. The number of rotatable bonds is 7. The van der Waals surface area contributed by atoms with Crippen LogP contribution in [0.1, 0.15) is 31.9 Å². The molecule has 1 aromatic rings. The van der Waals surface area contributed by atoms with Crippen molar-refractivity contribution in [1.82, 2.24) is 10.2 Å². The standard InChI is InChI=1S/C16H24N2O3/c1-4-18(11-12(2)3)16(21)17-10-14-8-6-5-7-13(14)9-15(19)20/h5-8,12H,4,9-11H2,1-3H3,(H,17,21)(H,19,20). The van der Waals surface area contributed by atoms with Crippen LogP contribution < -0.4 is 5.32 Å². The number of carboxylic acid groups (broad SMARTS) is 1. The molecular weight excluding hydrogens is 268 g/mol. The zero-order chi connectivity index (χ0) is 15.8. The first-order valence-electron chi connectivity index (χ1n) is 7.25. The minimum absolute atomic E-state index is 0.0322. The number of carbonyl (C=O) groups excluding carboxylic acids is 1. The maximum absolute atomic E-state index is 12.1. The highest BCUT2D eigenvalue weighted by Crippen LogP contribution is 2.10. The lowest BCUT2D eigenvalue weighted by atomic mass is 10.0. The third-order valence-electron chi connectivity index (χ3n) is 3.14. The van der Waals surface area contributed by atoms with E-state index >= 15 is 0 Å². The highest BCUT2D eigenvalue weighted by atomic mass is 16.4. The number of carboxylic acids is 1. The summed E-state index contributed by atoms with van der Waals surface area (Å²) < 4.78 is 0. The second kappa shape index (κ2) is 8.29. The monoisotopic (exact) mass is 292 g/mol. The lowest BCUT2D eigenvalue weighted by Gasteiger charge is -2.23. The number of amides is 2. The van der Waals surface area contributed by atoms with Crippen LogP contribution >= 0.6 is 0 Å². The first-order valence-corrected chi connectivity index (χ1v) is 7.25. The molecular formula is C16H24N2O3. The predicted molar refractivity (Wildman–Crippen MR) is 82.1 cm³/mol. The van der Waals surface area contributed by atoms with E-state index in [0.717, 1.165) is 11.1 Å². The molecule has 2 amide bonds. The van der Waals surface area contributed by atoms with E-state index < -0.39 is 5.97 Å². The summed E-state index contributed by atoms with van der Waals surface area (Å²) in [5, 5.41) is 11.8. The van der Waals surface area contributed by atoms with Crippen molar-refractivity contribution in [3.8, 4) is 0 Å². The molecule has 0 aliphatic heterocycles. The van der Waals surface area contributed by atoms with Crippen LogP contribution in [0, 0.1) is 5.92 Å². The number of nitrogens with one attached hydrogen (secondary N) is 1. The van der Waals surface area contributed by atoms with Gasteiger partial charge in [0.05, 0.1) is 6.42 Å². The van der Waals surface area contributed by atoms with Crippen molar-refractivity contribution in [3.63, 3.8) is 0 Å². The first-order chi connectivity index (χ1) is 9.93. The van der Waals surface area contributed by atoms with E-state index in [2.05, 4.69) is 19.2 Å². The van der Waals surface area contributed by atoms with E-state index in [1.165, 1.54) is 0 Å². The maximum Gasteiger partial charge on any atom is 0.317 e. The van der Waals surface area contributed by atoms with Gasteiger partial charge in [0.15, 0.2) is 0 Å². The quantitative estimate of drug-likeness (QED) is 0.811. The molecule has 116 valence electrons. The van der Waals surface area contributed by atoms with Gasteiger partial charge in [0.25, 0.3) is 0 Å². The van der Waals surface area contributed by atoms with Gasteiger partial charge in [0.1, 0.15) is 0 Å². The summed E-state index contributed by atoms with van der Waals surface area (Å²) in [7, 11) is 0. The van der Waals surface area contributed by atoms with Crippen LogP contribution in [-0.4, -0.2) is 35.1 Å². The molecule has 21 heavy (non-hydrogen) atoms. The summed E-state index contributed by atoms with van der Waals surface area (Å²) in [4.78, 5) is 24.7. The first kappa shape index (κ1) is 17.0. The van der Waals surface area contributed by atoms with Crippen molar-refractivity contribution in [1.29, 1.82) is 0 Å². The van der Waals surface area contributed by atoms with Crippen LogP contribution in [0.15, 0.2) is 24.3 Å². The Morgan fingerprint density at radius 1 is 1.24 bits per heavy atom. The van der Waals surface area contributed by atoms with Gasteiger partial charge in [-0.15, -0.1) is 0 Å². The molecule has 0 fully saturated rings. The van der Waals surface area contributed by atoms with Gasteiger partial charge in [0.2, 0.25) is 0 Å². The topological polar surface area (TPSA) is 69.6 Å². The van der Waals surface area contributed by atoms with Crippen molar-refractivity contribution < 1.29 is 14.7 Å². The molecule has 0 radical (unpaired) electrons. The number of nitrogens with zero attached hydrogens (tertiary/aromatic N) is 1. The zero-order valence-electron chi connectivity index (χ0n) is 12.9. The summed E-state index contributed by atoms with van der Waals surface area (Å²) in [5.74, 6) is -0.459. The lowest BCUT2D eigenvalue weighted by molar-refractivity contribution is -0.136. The van der Waals surface area contributed by atoms with Crippen LogP contribution in [0.3, 0.4) is 0 Å². The molecule has 0 unspecified atom stereocenters. The summed E-state index contributed by atoms with van der Waals surface area (Å²) in [5.41, 5.74) is 1.58. The number of aliphatic carboxylic acids is 1. The van der Waals surface area contributed by atoms with Crippen LogP contribution in [0.25, 0.3) is 0 Å². The van der Waals surface area contributed by atoms with Crippen molar-refractivity contribution in [2.75, 3.05) is 13.1 Å². The number of carbonyl (C=O) groups is 2. The van der Waals surface area contributed by atoms with Gasteiger partial charge in [-0.1, -0.05) is 38.1 Å². The fourth-order valence-corrected chi connectivity index (χ4v) is 2.14. The largest absolute Gasteiger partial charge is 0.481 e. The van der Waals surface area contributed by atoms with Crippen molar-refractivity contribution in [2.45, 2.75) is 33.7 Å². The molecule has 0 bridgehead atoms. The van der Waals surface area contributed by atoms with E-state index in [4.69, 9.17) is 5.11 Å². The van der Waals surface area contributed by atoms with Crippen molar-refractivity contribution >= 4 is 12.0 Å². The SMILES string of the molecule is CCN(CC(C)C)C(=O)NCc1ccccc1CC(=O)O. The molecule has 0 atom stereocenters. The third kappa shape index (κ3) is 5.85. The molecule has 5 nitrogen and oxygen atoms in total. The van der Waals surface area contributed by atoms with Gasteiger partial charge in [-0.2, -0.15) is 0 Å². The minimum atomic E-state index is -0.872. The Kier molecular flexibility index (Phi) is 6.72. The molecule has 0 aliphatic carbocycles. The molecule has 1 aromatic carbocycles. The van der Waals surface area contributed by atoms with E-state index in [9.17, 15) is 9.59 Å². The average Bonchev–Trinajstić information content (AvgIpc) is 2.42. The average molecular weight is 292 g/mol. The summed E-state index contributed by atoms with van der Waals surface area (Å²) in [6.07, 6.45) is -0.0322. The highest BCUT2D eigenvalue weighted by Gasteiger charge is 2.13. The number of hydrogen-bond donors (Lipinski definition) is 2. The van der Waals surface area contributed by atoms with E-state index in [0.29, 0.717) is 25.6 Å². The normalized spacial score (nSPS) is 10.5. The molecule has 5 heteroatoms. The Labute approximate surface area is 126 Å². The Hall–Kier alpha value is -2.04. The number of hydrogen-bond acceptors (Lipinski definition) is 2. The molecule has 0 heterocycles. The molecule has 2 N–H and O–H groups in total. The second-order valence-electron chi connectivity index (χ2n) is 5.43. The lowest BCUT2D eigenvalue weighted by Crippen LogP contribution is -2.41. The van der Waals surface area contributed by atoms with Crippen LogP contribution in [0.2, 0.25) is 0 Å². The van der Waals surface area contributed by atoms with Crippen molar-refractivity contribution in [3.05, 3.63) is 35.4 Å². The smallest absolute Gasteiger partial charge is 0.317 e. The van der Waals surface area contributed by atoms with Gasteiger partial charge in [0, 0.05) is 19.6 Å². The van der Waals surface area contributed by atoms with Gasteiger partial charge in [-0.05, 0) is 24.0 Å². The van der Waals surface area contributed by atoms with Crippen LogP contribution in [0.4, 0.5) is 4.79 Å². The molecule has 1 rings (SSSR count). The minimum Gasteiger partial charge on any atom is -0.481 e. The molecule has 0 aromatic heterocycles. The highest BCUT2D eigenvalue weighted by molar-refractivity contribution is 5.74. The molecule has 0 saturated carbocycles. The summed E-state index contributed by atoms with van der Waals surface area (Å²) >= 11 is 0. The molecule has 0 saturated heterocycles. The molecule has 0 aliphatic rings. The van der Waals surface area contributed by atoms with Gasteiger partial charge in [-0.3, -0.25) is 4.79 Å². The van der Waals surface area contributed by atoms with E-state index in [1.807, 2.05) is 19.1 Å². The van der Waals surface area contributed by atoms with E-state index in [1.54, 1.807) is 17.0 Å². The number of urea groups is 1. The van der Waals surface area contributed by atoms with Gasteiger partial charge in [-0.25, -0.2) is 4.79 Å². The Balaban J connectivity index is 2.66. The predicted octanol–water partition coefficient (Wildman–Crippen LogP) is 2.50. The Morgan fingerprint density at radius 2 is 1.86 bits per heavy atom. The number of benzene rings is 1. The van der Waals surface area contributed by atoms with Crippen molar-refractivity contribution in [2.24, 2.45) is 5.92 Å². The Morgan fingerprint density at radius 3 is 2.38 bits per heavy atom. The summed E-state index contributed by atoms with van der Waals surface area (Å²) in [6, 6.07) is 7.16. The Bertz CT molecular complexity index is 486. The fourth-order valence-electron chi connectivity index (χ4n) is 2.14. The zero-order valence-corrected chi connectivity index (χ0v) is 12.9. The summed E-state index contributed by atoms with van der Waals surface area (Å²) in [6.45, 7) is 7.79. The fraction of sp³-hybridized carbons (Fsp3) is 0.500. The molecule has 0 spiro atoms. The van der Waals surface area contributed by atoms with Crippen LogP contribution in [0.5, 0.6) is 0 Å². The second-order valence-corrected chi connectivity index (χ2v) is 5.43. The maximum atomic E-state index is 12.1. The van der Waals surface area contributed by atoms with Gasteiger partial charge >= 0.3 is 12.0 Å². The van der Waals surface area contributed by atoms with Crippen LogP contribution in [-0.2, 0) is 17.8 Å².